The van der Waals surface area contributed by atoms with Gasteiger partial charge in [-0.15, -0.1) is 0 Å². The molecule has 33 heavy (non-hydrogen) atoms. The van der Waals surface area contributed by atoms with Gasteiger partial charge in [0.2, 0.25) is 0 Å². The zero-order valence-electron chi connectivity index (χ0n) is 19.2. The Morgan fingerprint density at radius 1 is 1.09 bits per heavy atom. The second-order valence-corrected chi connectivity index (χ2v) is 8.94. The number of methoxy groups -OCH3 is 1. The van der Waals surface area contributed by atoms with Crippen molar-refractivity contribution in [1.29, 1.82) is 0 Å². The first-order valence-corrected chi connectivity index (χ1v) is 11.6. The number of aromatic nitrogens is 2. The van der Waals surface area contributed by atoms with Crippen LogP contribution in [0, 0.1) is 6.92 Å². The van der Waals surface area contributed by atoms with Crippen LogP contribution in [0.25, 0.3) is 22.0 Å². The largest absolute Gasteiger partial charge is 0.496 e. The molecule has 2 heterocycles. The summed E-state index contributed by atoms with van der Waals surface area (Å²) in [5, 5.41) is 0.668. The van der Waals surface area contributed by atoms with Crippen molar-refractivity contribution in [3.05, 3.63) is 94.0 Å². The van der Waals surface area contributed by atoms with Crippen LogP contribution in [0.15, 0.2) is 71.5 Å². The summed E-state index contributed by atoms with van der Waals surface area (Å²) in [6.45, 7) is 4.84. The third-order valence-corrected chi connectivity index (χ3v) is 6.55. The van der Waals surface area contributed by atoms with Crippen LogP contribution < -0.4 is 10.3 Å². The van der Waals surface area contributed by atoms with Crippen molar-refractivity contribution in [2.24, 2.45) is 0 Å². The molecule has 0 amide bonds. The Balaban J connectivity index is 1.31. The molecule has 5 nitrogen and oxygen atoms in total. The Kier molecular flexibility index (Phi) is 5.97. The molecule has 1 aromatic heterocycles. The molecule has 0 aliphatic carbocycles. The highest BCUT2D eigenvalue weighted by Gasteiger charge is 2.24. The van der Waals surface area contributed by atoms with Gasteiger partial charge in [-0.1, -0.05) is 54.1 Å². The fourth-order valence-electron chi connectivity index (χ4n) is 4.82. The lowest BCUT2D eigenvalue weighted by molar-refractivity contribution is 0.196. The van der Waals surface area contributed by atoms with Crippen LogP contribution in [0.4, 0.5) is 0 Å². The van der Waals surface area contributed by atoms with Crippen molar-refractivity contribution in [3.63, 3.8) is 0 Å². The van der Waals surface area contributed by atoms with Crippen molar-refractivity contribution in [1.82, 2.24) is 14.9 Å². The summed E-state index contributed by atoms with van der Waals surface area (Å²) >= 11 is 0. The number of nitrogens with one attached hydrogen (secondary N) is 1. The summed E-state index contributed by atoms with van der Waals surface area (Å²) in [7, 11) is 1.71. The molecule has 0 spiro atoms. The number of hydrogen-bond acceptors (Lipinski definition) is 4. The van der Waals surface area contributed by atoms with E-state index in [0.29, 0.717) is 5.39 Å². The average Bonchev–Trinajstić information content (AvgIpc) is 2.85. The number of piperidine rings is 1. The number of aryl methyl sites for hydroxylation is 1. The third kappa shape index (κ3) is 4.55. The summed E-state index contributed by atoms with van der Waals surface area (Å²) in [6.07, 6.45) is 2.14. The van der Waals surface area contributed by atoms with Crippen molar-refractivity contribution in [2.45, 2.75) is 32.2 Å². The lowest BCUT2D eigenvalue weighted by Crippen LogP contribution is -2.35. The Labute approximate surface area is 194 Å². The molecule has 3 aromatic carbocycles. The number of para-hydroxylation sites is 1. The highest BCUT2D eigenvalue weighted by Crippen LogP contribution is 2.30. The van der Waals surface area contributed by atoms with E-state index in [0.717, 1.165) is 66.3 Å². The quantitative estimate of drug-likeness (QED) is 0.459. The maximum Gasteiger partial charge on any atom is 0.258 e. The number of ether oxygens (including phenoxy) is 1. The van der Waals surface area contributed by atoms with Crippen LogP contribution in [-0.2, 0) is 6.54 Å². The van der Waals surface area contributed by atoms with Gasteiger partial charge in [0, 0.05) is 24.6 Å². The monoisotopic (exact) mass is 439 g/mol. The molecule has 0 saturated carbocycles. The van der Waals surface area contributed by atoms with E-state index in [1.165, 1.54) is 5.56 Å². The molecule has 1 saturated heterocycles. The first-order chi connectivity index (χ1) is 16.1. The van der Waals surface area contributed by atoms with Gasteiger partial charge in [0.25, 0.3) is 5.56 Å². The molecule has 4 aromatic rings. The number of rotatable bonds is 5. The molecule has 1 unspecified atom stereocenters. The summed E-state index contributed by atoms with van der Waals surface area (Å²) in [4.78, 5) is 23.0. The van der Waals surface area contributed by atoms with Crippen LogP contribution >= 0.6 is 0 Å². The van der Waals surface area contributed by atoms with Crippen LogP contribution in [0.2, 0.25) is 0 Å². The Bertz CT molecular complexity index is 1330. The van der Waals surface area contributed by atoms with E-state index in [1.54, 1.807) is 7.11 Å². The molecular formula is C28H29N3O2. The number of aromatic amines is 1. The second kappa shape index (κ2) is 9.20. The van der Waals surface area contributed by atoms with Crippen molar-refractivity contribution < 1.29 is 4.74 Å². The second-order valence-electron chi connectivity index (χ2n) is 8.94. The summed E-state index contributed by atoms with van der Waals surface area (Å²) in [5.41, 5.74) is 5.35. The minimum atomic E-state index is -0.0391. The SMILES string of the molecule is COc1ccccc1-c1ccc(CN2CCCC(c3nc4ccc(C)cc4c(=O)[nH]3)C2)cc1. The van der Waals surface area contributed by atoms with Gasteiger partial charge < -0.3 is 9.72 Å². The van der Waals surface area contributed by atoms with E-state index >= 15 is 0 Å². The molecule has 5 rings (SSSR count). The lowest BCUT2D eigenvalue weighted by Gasteiger charge is -2.32. The van der Waals surface area contributed by atoms with Gasteiger partial charge in [0.1, 0.15) is 11.6 Å². The predicted molar refractivity (Wildman–Crippen MR) is 133 cm³/mol. The molecule has 1 aliphatic rings. The summed E-state index contributed by atoms with van der Waals surface area (Å²) in [5.74, 6) is 1.94. The van der Waals surface area contributed by atoms with Gasteiger partial charge in [0.15, 0.2) is 0 Å². The molecule has 1 atom stereocenters. The zero-order valence-corrected chi connectivity index (χ0v) is 19.2. The molecule has 0 bridgehead atoms. The number of likely N-dealkylation sites (tertiary alicyclic amines) is 1. The van der Waals surface area contributed by atoms with E-state index < -0.39 is 0 Å². The normalized spacial score (nSPS) is 16.7. The maximum absolute atomic E-state index is 12.6. The summed E-state index contributed by atoms with van der Waals surface area (Å²) < 4.78 is 5.51. The molecule has 168 valence electrons. The number of benzene rings is 3. The van der Waals surface area contributed by atoms with Crippen molar-refractivity contribution in [3.8, 4) is 16.9 Å². The third-order valence-electron chi connectivity index (χ3n) is 6.55. The van der Waals surface area contributed by atoms with E-state index in [4.69, 9.17) is 9.72 Å². The lowest BCUT2D eigenvalue weighted by atomic mass is 9.96. The van der Waals surface area contributed by atoms with Crippen molar-refractivity contribution >= 4 is 10.9 Å². The van der Waals surface area contributed by atoms with Crippen molar-refractivity contribution in [2.75, 3.05) is 20.2 Å². The Morgan fingerprint density at radius 2 is 1.91 bits per heavy atom. The van der Waals surface area contributed by atoms with Gasteiger partial charge in [-0.05, 0) is 55.6 Å². The van der Waals surface area contributed by atoms with Crippen LogP contribution in [-0.4, -0.2) is 35.1 Å². The summed E-state index contributed by atoms with van der Waals surface area (Å²) in [6, 6.07) is 22.7. The molecule has 1 N–H and O–H groups in total. The number of H-pyrrole nitrogens is 1. The van der Waals surface area contributed by atoms with Gasteiger partial charge in [-0.25, -0.2) is 4.98 Å². The first-order valence-electron chi connectivity index (χ1n) is 11.6. The standard InChI is InChI=1S/C28H29N3O2/c1-19-9-14-25-24(16-19)28(32)30-27(29-25)22-6-5-15-31(18-22)17-20-10-12-21(13-11-20)23-7-3-4-8-26(23)33-2/h3-4,7-14,16,22H,5-6,15,17-18H2,1-2H3,(H,29,30,32). The number of hydrogen-bond donors (Lipinski definition) is 1. The molecule has 5 heteroatoms. The van der Waals surface area contributed by atoms with E-state index in [1.807, 2.05) is 43.3 Å². The minimum Gasteiger partial charge on any atom is -0.496 e. The van der Waals surface area contributed by atoms with Gasteiger partial charge in [-0.3, -0.25) is 9.69 Å². The highest BCUT2D eigenvalue weighted by atomic mass is 16.5. The highest BCUT2D eigenvalue weighted by molar-refractivity contribution is 5.78. The molecule has 1 aliphatic heterocycles. The van der Waals surface area contributed by atoms with Crippen LogP contribution in [0.5, 0.6) is 5.75 Å². The zero-order chi connectivity index (χ0) is 22.8. The average molecular weight is 440 g/mol. The van der Waals surface area contributed by atoms with E-state index in [2.05, 4.69) is 40.2 Å². The van der Waals surface area contributed by atoms with Gasteiger partial charge >= 0.3 is 0 Å². The van der Waals surface area contributed by atoms with E-state index in [9.17, 15) is 4.79 Å². The maximum atomic E-state index is 12.6. The Hall–Kier alpha value is -3.44. The molecule has 1 fully saturated rings. The molecular weight excluding hydrogens is 410 g/mol. The topological polar surface area (TPSA) is 58.2 Å². The smallest absolute Gasteiger partial charge is 0.258 e. The molecule has 0 radical (unpaired) electrons. The van der Waals surface area contributed by atoms with Gasteiger partial charge in [0.05, 0.1) is 18.0 Å². The predicted octanol–water partition coefficient (Wildman–Crippen LogP) is 5.29. The van der Waals surface area contributed by atoms with Crippen LogP contribution in [0.3, 0.4) is 0 Å². The Morgan fingerprint density at radius 3 is 2.73 bits per heavy atom. The fourth-order valence-corrected chi connectivity index (χ4v) is 4.82. The fraction of sp³-hybridized carbons (Fsp3) is 0.286. The minimum absolute atomic E-state index is 0.0391. The number of nitrogens with zero attached hydrogens (tertiary/aromatic N) is 2. The van der Waals surface area contributed by atoms with Crippen LogP contribution in [0.1, 0.15) is 35.7 Å². The van der Waals surface area contributed by atoms with E-state index in [-0.39, 0.29) is 11.5 Å². The first kappa shape index (κ1) is 21.4. The van der Waals surface area contributed by atoms with Gasteiger partial charge in [-0.2, -0.15) is 0 Å². The number of fused-ring (bicyclic) bond motifs is 1.